The van der Waals surface area contributed by atoms with Gasteiger partial charge in [0.1, 0.15) is 4.83 Å². The summed E-state index contributed by atoms with van der Waals surface area (Å²) in [4.78, 5) is 23.8. The van der Waals surface area contributed by atoms with Crippen molar-refractivity contribution in [2.24, 2.45) is 0 Å². The Hall–Kier alpha value is -2.14. The van der Waals surface area contributed by atoms with E-state index in [0.717, 1.165) is 5.56 Å². The zero-order chi connectivity index (χ0) is 15.9. The largest absolute Gasteiger partial charge is 0.467 e. The van der Waals surface area contributed by atoms with Crippen LogP contribution in [0.5, 0.6) is 0 Å². The number of carbonyl (C=O) groups excluding carboxylic acids is 2. The SMILES string of the molecule is COC(=O)[C@@H](NC(=O)C(Br)c1ccccc1)c1ccccc1. The molecular formula is C17H16BrNO3. The molecule has 2 aromatic carbocycles. The Morgan fingerprint density at radius 1 is 0.955 bits per heavy atom. The molecule has 1 N–H and O–H groups in total. The van der Waals surface area contributed by atoms with Gasteiger partial charge in [-0.3, -0.25) is 4.79 Å². The molecule has 5 heteroatoms. The molecule has 1 amide bonds. The molecule has 0 aliphatic carbocycles. The fourth-order valence-electron chi connectivity index (χ4n) is 2.03. The fraction of sp³-hybridized carbons (Fsp3) is 0.176. The van der Waals surface area contributed by atoms with Crippen molar-refractivity contribution >= 4 is 27.8 Å². The molecule has 0 aliphatic heterocycles. The van der Waals surface area contributed by atoms with Gasteiger partial charge in [0, 0.05) is 0 Å². The van der Waals surface area contributed by atoms with Crippen molar-refractivity contribution in [1.29, 1.82) is 0 Å². The molecular weight excluding hydrogens is 346 g/mol. The summed E-state index contributed by atoms with van der Waals surface area (Å²) in [6, 6.07) is 17.4. The van der Waals surface area contributed by atoms with Gasteiger partial charge in [-0.15, -0.1) is 0 Å². The molecule has 114 valence electrons. The number of hydrogen-bond acceptors (Lipinski definition) is 3. The minimum atomic E-state index is -0.831. The second-order valence-electron chi connectivity index (χ2n) is 4.65. The summed E-state index contributed by atoms with van der Waals surface area (Å²) in [5.74, 6) is -0.808. The van der Waals surface area contributed by atoms with Crippen molar-refractivity contribution in [1.82, 2.24) is 5.32 Å². The first kappa shape index (κ1) is 16.2. The van der Waals surface area contributed by atoms with E-state index in [2.05, 4.69) is 21.2 Å². The first-order chi connectivity index (χ1) is 10.6. The van der Waals surface area contributed by atoms with E-state index in [1.807, 2.05) is 36.4 Å². The van der Waals surface area contributed by atoms with Crippen molar-refractivity contribution in [3.8, 4) is 0 Å². The number of rotatable bonds is 5. The molecule has 0 saturated carbocycles. The third kappa shape index (κ3) is 3.95. The number of methoxy groups -OCH3 is 1. The van der Waals surface area contributed by atoms with E-state index in [4.69, 9.17) is 4.74 Å². The van der Waals surface area contributed by atoms with E-state index >= 15 is 0 Å². The van der Waals surface area contributed by atoms with E-state index in [1.165, 1.54) is 7.11 Å². The maximum atomic E-state index is 12.4. The van der Waals surface area contributed by atoms with Gasteiger partial charge in [-0.1, -0.05) is 76.6 Å². The zero-order valence-corrected chi connectivity index (χ0v) is 13.6. The molecule has 0 radical (unpaired) electrons. The van der Waals surface area contributed by atoms with Gasteiger partial charge in [-0.25, -0.2) is 4.79 Å². The van der Waals surface area contributed by atoms with Crippen LogP contribution < -0.4 is 5.32 Å². The summed E-state index contributed by atoms with van der Waals surface area (Å²) in [5.41, 5.74) is 1.49. The van der Waals surface area contributed by atoms with Gasteiger partial charge in [-0.2, -0.15) is 0 Å². The molecule has 0 saturated heterocycles. The van der Waals surface area contributed by atoms with Crippen LogP contribution >= 0.6 is 15.9 Å². The van der Waals surface area contributed by atoms with Crippen LogP contribution in [0.2, 0.25) is 0 Å². The Bertz CT molecular complexity index is 631. The van der Waals surface area contributed by atoms with Crippen LogP contribution in [0.1, 0.15) is 22.0 Å². The predicted octanol–water partition coefficient (Wildman–Crippen LogP) is 3.15. The highest BCUT2D eigenvalue weighted by molar-refractivity contribution is 9.09. The molecule has 0 aromatic heterocycles. The second kappa shape index (κ2) is 7.75. The molecule has 0 bridgehead atoms. The molecule has 2 atom stereocenters. The minimum Gasteiger partial charge on any atom is -0.467 e. The van der Waals surface area contributed by atoms with Gasteiger partial charge in [0.15, 0.2) is 6.04 Å². The quantitative estimate of drug-likeness (QED) is 0.657. The second-order valence-corrected chi connectivity index (χ2v) is 5.56. The monoisotopic (exact) mass is 361 g/mol. The zero-order valence-electron chi connectivity index (χ0n) is 12.0. The first-order valence-corrected chi connectivity index (χ1v) is 7.67. The lowest BCUT2D eigenvalue weighted by Gasteiger charge is -2.19. The smallest absolute Gasteiger partial charge is 0.333 e. The van der Waals surface area contributed by atoms with E-state index in [0.29, 0.717) is 5.56 Å². The molecule has 0 heterocycles. The first-order valence-electron chi connectivity index (χ1n) is 6.75. The van der Waals surface area contributed by atoms with E-state index in [9.17, 15) is 9.59 Å². The number of amides is 1. The van der Waals surface area contributed by atoms with E-state index < -0.39 is 16.8 Å². The van der Waals surface area contributed by atoms with Gasteiger partial charge >= 0.3 is 5.97 Å². The van der Waals surface area contributed by atoms with Crippen LogP contribution in [-0.2, 0) is 14.3 Å². The third-order valence-electron chi connectivity index (χ3n) is 3.18. The molecule has 0 spiro atoms. The van der Waals surface area contributed by atoms with Gasteiger partial charge in [0.2, 0.25) is 5.91 Å². The summed E-state index contributed by atoms with van der Waals surface area (Å²) in [6.07, 6.45) is 0. The molecule has 4 nitrogen and oxygen atoms in total. The number of hydrogen-bond donors (Lipinski definition) is 1. The molecule has 2 aromatic rings. The van der Waals surface area contributed by atoms with Crippen molar-refractivity contribution in [2.75, 3.05) is 7.11 Å². The topological polar surface area (TPSA) is 55.4 Å². The molecule has 1 unspecified atom stereocenters. The Kier molecular flexibility index (Phi) is 5.72. The molecule has 0 aliphatic rings. The summed E-state index contributed by atoms with van der Waals surface area (Å²) in [5, 5.41) is 2.72. The summed E-state index contributed by atoms with van der Waals surface area (Å²) in [6.45, 7) is 0. The number of alkyl halides is 1. The van der Waals surface area contributed by atoms with E-state index in [1.54, 1.807) is 24.3 Å². The number of ether oxygens (including phenoxy) is 1. The highest BCUT2D eigenvalue weighted by Gasteiger charge is 2.26. The summed E-state index contributed by atoms with van der Waals surface area (Å²) in [7, 11) is 1.30. The normalized spacial score (nSPS) is 13.0. The van der Waals surface area contributed by atoms with Crippen LogP contribution in [0.15, 0.2) is 60.7 Å². The lowest BCUT2D eigenvalue weighted by molar-refractivity contribution is -0.145. The average molecular weight is 362 g/mol. The van der Waals surface area contributed by atoms with Gasteiger partial charge < -0.3 is 10.1 Å². The lowest BCUT2D eigenvalue weighted by Crippen LogP contribution is -2.36. The highest BCUT2D eigenvalue weighted by Crippen LogP contribution is 2.24. The average Bonchev–Trinajstić information content (AvgIpc) is 2.59. The molecule has 2 rings (SSSR count). The fourth-order valence-corrected chi connectivity index (χ4v) is 2.47. The van der Waals surface area contributed by atoms with Gasteiger partial charge in [0.25, 0.3) is 0 Å². The minimum absolute atomic E-state index is 0.301. The predicted molar refractivity (Wildman–Crippen MR) is 87.5 cm³/mol. The van der Waals surface area contributed by atoms with Crippen LogP contribution in [-0.4, -0.2) is 19.0 Å². The number of esters is 1. The van der Waals surface area contributed by atoms with Crippen LogP contribution in [0.3, 0.4) is 0 Å². The maximum absolute atomic E-state index is 12.4. The number of halogens is 1. The van der Waals surface area contributed by atoms with E-state index in [-0.39, 0.29) is 5.91 Å². The maximum Gasteiger partial charge on any atom is 0.333 e. The number of carbonyl (C=O) groups is 2. The highest BCUT2D eigenvalue weighted by atomic mass is 79.9. The number of benzene rings is 2. The van der Waals surface area contributed by atoms with Crippen molar-refractivity contribution in [3.05, 3.63) is 71.8 Å². The Balaban J connectivity index is 2.17. The Morgan fingerprint density at radius 2 is 1.45 bits per heavy atom. The number of nitrogens with one attached hydrogen (secondary N) is 1. The Labute approximate surface area is 137 Å². The molecule has 22 heavy (non-hydrogen) atoms. The van der Waals surface area contributed by atoms with Crippen molar-refractivity contribution < 1.29 is 14.3 Å². The van der Waals surface area contributed by atoms with Crippen LogP contribution in [0.4, 0.5) is 0 Å². The Morgan fingerprint density at radius 3 is 1.95 bits per heavy atom. The lowest BCUT2D eigenvalue weighted by atomic mass is 10.1. The summed E-state index contributed by atoms with van der Waals surface area (Å²) >= 11 is 3.36. The van der Waals surface area contributed by atoms with Crippen LogP contribution in [0.25, 0.3) is 0 Å². The van der Waals surface area contributed by atoms with Crippen molar-refractivity contribution in [3.63, 3.8) is 0 Å². The standard InChI is InChI=1S/C17H16BrNO3/c1-22-17(21)15(13-10-6-3-7-11-13)19-16(20)14(18)12-8-4-2-5-9-12/h2-11,14-15H,1H3,(H,19,20)/t14?,15-/m0/s1. The molecule has 0 fully saturated rings. The summed E-state index contributed by atoms with van der Waals surface area (Å²) < 4.78 is 4.78. The van der Waals surface area contributed by atoms with Gasteiger partial charge in [0.05, 0.1) is 7.11 Å². The third-order valence-corrected chi connectivity index (χ3v) is 4.12. The van der Waals surface area contributed by atoms with Crippen LogP contribution in [0, 0.1) is 0 Å². The van der Waals surface area contributed by atoms with Gasteiger partial charge in [-0.05, 0) is 11.1 Å². The van der Waals surface area contributed by atoms with Crippen molar-refractivity contribution in [2.45, 2.75) is 10.9 Å².